The van der Waals surface area contributed by atoms with Crippen molar-refractivity contribution in [1.29, 1.82) is 0 Å². The van der Waals surface area contributed by atoms with Crippen LogP contribution in [0.15, 0.2) is 60.7 Å². The lowest BCUT2D eigenvalue weighted by molar-refractivity contribution is -0.186. The number of amides is 1. The van der Waals surface area contributed by atoms with Crippen molar-refractivity contribution in [2.75, 3.05) is 13.7 Å². The zero-order valence-electron chi connectivity index (χ0n) is 16.2. The summed E-state index contributed by atoms with van der Waals surface area (Å²) in [5.74, 6) is -0.0719. The molecular formula is C22H26ClNO4. The molecule has 2 aromatic rings. The number of benzene rings is 2. The van der Waals surface area contributed by atoms with Crippen LogP contribution in [0, 0.1) is 0 Å². The Bertz CT molecular complexity index is 743. The van der Waals surface area contributed by atoms with Gasteiger partial charge in [0.25, 0.3) is 0 Å². The van der Waals surface area contributed by atoms with Crippen molar-refractivity contribution in [2.45, 2.75) is 44.0 Å². The minimum atomic E-state index is -0.660. The highest BCUT2D eigenvalue weighted by atomic mass is 35.5. The summed E-state index contributed by atoms with van der Waals surface area (Å²) in [7, 11) is 1.75. The number of ether oxygens (including phenoxy) is 3. The van der Waals surface area contributed by atoms with Gasteiger partial charge in [0, 0.05) is 14.0 Å². The van der Waals surface area contributed by atoms with Crippen molar-refractivity contribution in [3.8, 4) is 0 Å². The molecule has 0 bridgehead atoms. The number of rotatable bonds is 7. The number of carbonyl (C=O) groups excluding carboxylic acids is 1. The Morgan fingerprint density at radius 3 is 2.11 bits per heavy atom. The third-order valence-electron chi connectivity index (χ3n) is 4.93. The zero-order chi connectivity index (χ0) is 19.9. The standard InChI is InChI=1S/C22H26ClNO4/c1-16(25)24(2)20-19(26-13-17-9-5-3-6-10-17)15-28-22(23)21(20)27-14-18-11-7-4-8-12-18/h3-12,19-22H,13-15H2,1-2H3/t19-,20-,21+,22+/m1/s1. The van der Waals surface area contributed by atoms with Gasteiger partial charge in [0.15, 0.2) is 5.56 Å². The van der Waals surface area contributed by atoms with Crippen molar-refractivity contribution in [3.05, 3.63) is 71.8 Å². The second kappa shape index (κ2) is 10.0. The van der Waals surface area contributed by atoms with E-state index in [4.69, 9.17) is 25.8 Å². The summed E-state index contributed by atoms with van der Waals surface area (Å²) in [6.45, 7) is 2.64. The first kappa shape index (κ1) is 20.8. The van der Waals surface area contributed by atoms with E-state index in [2.05, 4.69) is 0 Å². The number of hydrogen-bond acceptors (Lipinski definition) is 4. The Morgan fingerprint density at radius 1 is 1.04 bits per heavy atom. The maximum atomic E-state index is 12.1. The first-order valence-corrected chi connectivity index (χ1v) is 9.80. The lowest BCUT2D eigenvalue weighted by Crippen LogP contribution is -2.60. The van der Waals surface area contributed by atoms with Crippen molar-refractivity contribution in [3.63, 3.8) is 0 Å². The predicted molar refractivity (Wildman–Crippen MR) is 108 cm³/mol. The highest BCUT2D eigenvalue weighted by Gasteiger charge is 2.44. The van der Waals surface area contributed by atoms with Gasteiger partial charge in [-0.1, -0.05) is 72.3 Å². The third-order valence-corrected chi connectivity index (χ3v) is 5.31. The van der Waals surface area contributed by atoms with Crippen LogP contribution in [0.4, 0.5) is 0 Å². The number of hydrogen-bond donors (Lipinski definition) is 0. The number of alkyl halides is 1. The molecule has 0 aliphatic carbocycles. The molecule has 1 aliphatic rings. The lowest BCUT2D eigenvalue weighted by Gasteiger charge is -2.44. The molecule has 5 nitrogen and oxygen atoms in total. The molecule has 6 heteroatoms. The molecule has 0 unspecified atom stereocenters. The van der Waals surface area contributed by atoms with Gasteiger partial charge in [-0.2, -0.15) is 0 Å². The monoisotopic (exact) mass is 403 g/mol. The molecule has 1 fully saturated rings. The molecule has 1 saturated heterocycles. The van der Waals surface area contributed by atoms with Crippen LogP contribution in [0.25, 0.3) is 0 Å². The van der Waals surface area contributed by atoms with E-state index < -0.39 is 11.7 Å². The molecule has 3 rings (SSSR count). The summed E-state index contributed by atoms with van der Waals surface area (Å²) in [6, 6.07) is 19.4. The van der Waals surface area contributed by atoms with Gasteiger partial charge in [-0.25, -0.2) is 0 Å². The average molecular weight is 404 g/mol. The molecule has 0 saturated carbocycles. The van der Waals surface area contributed by atoms with Gasteiger partial charge in [0.05, 0.1) is 25.9 Å². The molecule has 0 spiro atoms. The Hall–Kier alpha value is -1.92. The normalized spacial score (nSPS) is 24.7. The second-order valence-corrected chi connectivity index (χ2v) is 7.33. The fourth-order valence-corrected chi connectivity index (χ4v) is 3.59. The molecule has 0 aromatic heterocycles. The molecular weight excluding hydrogens is 378 g/mol. The maximum absolute atomic E-state index is 12.1. The second-order valence-electron chi connectivity index (χ2n) is 6.90. The maximum Gasteiger partial charge on any atom is 0.219 e. The largest absolute Gasteiger partial charge is 0.369 e. The number of likely N-dealkylation sites (N-methyl/N-ethyl adjacent to an activating group) is 1. The molecule has 28 heavy (non-hydrogen) atoms. The molecule has 0 N–H and O–H groups in total. The average Bonchev–Trinajstić information content (AvgIpc) is 2.72. The van der Waals surface area contributed by atoms with Crippen LogP contribution in [0.5, 0.6) is 0 Å². The van der Waals surface area contributed by atoms with E-state index in [0.29, 0.717) is 19.8 Å². The molecule has 1 amide bonds. The quantitative estimate of drug-likeness (QED) is 0.663. The zero-order valence-corrected chi connectivity index (χ0v) is 16.9. The van der Waals surface area contributed by atoms with E-state index in [-0.39, 0.29) is 18.1 Å². The number of carbonyl (C=O) groups is 1. The van der Waals surface area contributed by atoms with Crippen LogP contribution in [-0.2, 0) is 32.2 Å². The molecule has 4 atom stereocenters. The summed E-state index contributed by atoms with van der Waals surface area (Å²) in [6.07, 6.45) is -0.852. The topological polar surface area (TPSA) is 48.0 Å². The van der Waals surface area contributed by atoms with E-state index in [1.54, 1.807) is 11.9 Å². The van der Waals surface area contributed by atoms with E-state index in [1.807, 2.05) is 60.7 Å². The smallest absolute Gasteiger partial charge is 0.219 e. The van der Waals surface area contributed by atoms with E-state index in [0.717, 1.165) is 11.1 Å². The van der Waals surface area contributed by atoms with Crippen LogP contribution in [-0.4, -0.2) is 48.3 Å². The minimum absolute atomic E-state index is 0.0719. The lowest BCUT2D eigenvalue weighted by atomic mass is 10.0. The van der Waals surface area contributed by atoms with Gasteiger partial charge in [-0.3, -0.25) is 4.79 Å². The number of nitrogens with zero attached hydrogens (tertiary/aromatic N) is 1. The molecule has 0 radical (unpaired) electrons. The predicted octanol–water partition coefficient (Wildman–Crippen LogP) is 3.60. The van der Waals surface area contributed by atoms with Gasteiger partial charge in [-0.15, -0.1) is 0 Å². The van der Waals surface area contributed by atoms with Crippen LogP contribution in [0.3, 0.4) is 0 Å². The summed E-state index contributed by atoms with van der Waals surface area (Å²) in [5, 5.41) is 0. The Morgan fingerprint density at radius 2 is 1.57 bits per heavy atom. The van der Waals surface area contributed by atoms with Crippen molar-refractivity contribution in [2.24, 2.45) is 0 Å². The van der Waals surface area contributed by atoms with E-state index >= 15 is 0 Å². The van der Waals surface area contributed by atoms with Crippen molar-refractivity contribution < 1.29 is 19.0 Å². The summed E-state index contributed by atoms with van der Waals surface area (Å²) in [4.78, 5) is 13.8. The van der Waals surface area contributed by atoms with Gasteiger partial charge in [-0.05, 0) is 11.1 Å². The fourth-order valence-electron chi connectivity index (χ4n) is 3.29. The van der Waals surface area contributed by atoms with E-state index in [1.165, 1.54) is 6.92 Å². The molecule has 1 aliphatic heterocycles. The summed E-state index contributed by atoms with van der Waals surface area (Å²) < 4.78 is 18.0. The van der Waals surface area contributed by atoms with Gasteiger partial charge >= 0.3 is 0 Å². The Balaban J connectivity index is 1.73. The highest BCUT2D eigenvalue weighted by molar-refractivity contribution is 6.20. The van der Waals surface area contributed by atoms with Crippen LogP contribution in [0.1, 0.15) is 18.1 Å². The first-order chi connectivity index (χ1) is 13.6. The van der Waals surface area contributed by atoms with Crippen LogP contribution in [0.2, 0.25) is 0 Å². The molecule has 2 aromatic carbocycles. The first-order valence-electron chi connectivity index (χ1n) is 9.36. The van der Waals surface area contributed by atoms with Crippen LogP contribution < -0.4 is 0 Å². The van der Waals surface area contributed by atoms with Gasteiger partial charge < -0.3 is 19.1 Å². The Labute approximate surface area is 171 Å². The van der Waals surface area contributed by atoms with Crippen LogP contribution >= 0.6 is 11.6 Å². The minimum Gasteiger partial charge on any atom is -0.369 e. The summed E-state index contributed by atoms with van der Waals surface area (Å²) in [5.41, 5.74) is 1.43. The van der Waals surface area contributed by atoms with Crippen molar-refractivity contribution in [1.82, 2.24) is 4.90 Å². The molecule has 150 valence electrons. The SMILES string of the molecule is CC(=O)N(C)[C@H]1[C@H](OCc2ccccc2)[C@@H](Cl)OC[C@H]1OCc1ccccc1. The molecule has 1 heterocycles. The summed E-state index contributed by atoms with van der Waals surface area (Å²) >= 11 is 6.43. The third kappa shape index (κ3) is 5.32. The van der Waals surface area contributed by atoms with Gasteiger partial charge in [0.1, 0.15) is 12.2 Å². The van der Waals surface area contributed by atoms with Crippen molar-refractivity contribution >= 4 is 17.5 Å². The number of halogens is 1. The highest BCUT2D eigenvalue weighted by Crippen LogP contribution is 2.28. The van der Waals surface area contributed by atoms with Gasteiger partial charge in [0.2, 0.25) is 5.91 Å². The van der Waals surface area contributed by atoms with E-state index in [9.17, 15) is 4.79 Å². The Kier molecular flexibility index (Phi) is 7.45. The fraction of sp³-hybridized carbons (Fsp3) is 0.409.